The van der Waals surface area contributed by atoms with Gasteiger partial charge in [0, 0.05) is 0 Å². The number of carbonyl (C=O) groups is 3. The number of alkyl carbamates (subject to hydrolysis) is 3. The maximum Gasteiger partial charge on any atom is 0.410 e. The number of benzene rings is 1. The van der Waals surface area contributed by atoms with Crippen LogP contribution in [0.2, 0.25) is 19.6 Å². The van der Waals surface area contributed by atoms with Crippen LogP contribution in [-0.4, -0.2) is 49.4 Å². The highest BCUT2D eigenvalue weighted by atomic mass is 28.3. The van der Waals surface area contributed by atoms with E-state index in [1.807, 2.05) is 62.1 Å². The normalized spacial score (nSPS) is 19.6. The summed E-state index contributed by atoms with van der Waals surface area (Å²) in [5.41, 5.74) is 0.245. The van der Waals surface area contributed by atoms with E-state index in [1.165, 1.54) is 0 Å². The molecule has 3 atom stereocenters. The molecule has 2 rings (SSSR count). The molecule has 0 heterocycles. The molecule has 9 nitrogen and oxygen atoms in total. The second-order valence-electron chi connectivity index (χ2n) is 10.8. The lowest BCUT2D eigenvalue weighted by Gasteiger charge is -2.40. The molecule has 0 aliphatic heterocycles. The van der Waals surface area contributed by atoms with Crippen LogP contribution in [0.25, 0.3) is 0 Å². The third-order valence-corrected chi connectivity index (χ3v) is 8.74. The molecule has 1 aliphatic rings. The van der Waals surface area contributed by atoms with E-state index in [1.54, 1.807) is 27.7 Å². The summed E-state index contributed by atoms with van der Waals surface area (Å²) in [5, 5.41) is 7.21. The highest BCUT2D eigenvalue weighted by Gasteiger charge is 2.45. The Morgan fingerprint density at radius 1 is 0.857 bits per heavy atom. The van der Waals surface area contributed by atoms with Gasteiger partial charge in [-0.15, -0.1) is 0 Å². The van der Waals surface area contributed by atoms with Crippen molar-refractivity contribution in [2.24, 2.45) is 0 Å². The van der Waals surface area contributed by atoms with Crippen LogP contribution in [0.15, 0.2) is 42.5 Å². The summed E-state index contributed by atoms with van der Waals surface area (Å²) in [5.74, 6) is 0. The van der Waals surface area contributed by atoms with Gasteiger partial charge in [0.1, 0.15) is 20.3 Å². The van der Waals surface area contributed by atoms with Gasteiger partial charge in [-0.1, -0.05) is 62.1 Å². The molecule has 1 aliphatic carbocycles. The van der Waals surface area contributed by atoms with Gasteiger partial charge >= 0.3 is 18.3 Å². The maximum atomic E-state index is 12.7. The van der Waals surface area contributed by atoms with E-state index in [4.69, 9.17) is 14.2 Å². The van der Waals surface area contributed by atoms with Gasteiger partial charge in [-0.3, -0.25) is 5.32 Å². The molecule has 3 N–H and O–H groups in total. The summed E-state index contributed by atoms with van der Waals surface area (Å²) in [7, 11) is -2.21. The van der Waals surface area contributed by atoms with Crippen molar-refractivity contribution in [2.45, 2.75) is 89.8 Å². The van der Waals surface area contributed by atoms with E-state index in [9.17, 15) is 14.4 Å². The summed E-state index contributed by atoms with van der Waals surface area (Å²) in [4.78, 5) is 37.1. The van der Waals surface area contributed by atoms with Crippen LogP contribution in [0.4, 0.5) is 14.4 Å². The topological polar surface area (TPSA) is 115 Å². The SMILES string of the molecule is CC(C)(C)OC(=O)NC(C)(OC(=O)NC1C=CC(NC(=O)OCc2ccccc2)CC1)[Si](C)(C)C. The summed E-state index contributed by atoms with van der Waals surface area (Å²) in [6, 6.07) is 9.01. The molecule has 0 aromatic heterocycles. The minimum atomic E-state index is -2.21. The molecule has 3 unspecified atom stereocenters. The fourth-order valence-corrected chi connectivity index (χ4v) is 4.08. The van der Waals surface area contributed by atoms with Crippen LogP contribution >= 0.6 is 0 Å². The van der Waals surface area contributed by atoms with Gasteiger partial charge in [-0.25, -0.2) is 14.4 Å². The average molecular weight is 506 g/mol. The smallest absolute Gasteiger partial charge is 0.410 e. The second-order valence-corrected chi connectivity index (χ2v) is 16.3. The predicted molar refractivity (Wildman–Crippen MR) is 136 cm³/mol. The Morgan fingerprint density at radius 3 is 1.89 bits per heavy atom. The van der Waals surface area contributed by atoms with E-state index in [-0.39, 0.29) is 18.7 Å². The van der Waals surface area contributed by atoms with E-state index in [0.717, 1.165) is 5.56 Å². The van der Waals surface area contributed by atoms with Crippen molar-refractivity contribution in [2.75, 3.05) is 0 Å². The van der Waals surface area contributed by atoms with E-state index >= 15 is 0 Å². The summed E-state index contributed by atoms with van der Waals surface area (Å²) >= 11 is 0. The molecule has 1 aromatic carbocycles. The van der Waals surface area contributed by atoms with Crippen LogP contribution in [0, 0.1) is 0 Å². The van der Waals surface area contributed by atoms with Crippen LogP contribution in [-0.2, 0) is 20.8 Å². The molecular formula is C25H39N3O6Si. The highest BCUT2D eigenvalue weighted by molar-refractivity contribution is 6.79. The molecular weight excluding hydrogens is 466 g/mol. The largest absolute Gasteiger partial charge is 0.445 e. The monoisotopic (exact) mass is 505 g/mol. The molecule has 0 spiro atoms. The Balaban J connectivity index is 1.85. The van der Waals surface area contributed by atoms with Gasteiger partial charge < -0.3 is 24.8 Å². The van der Waals surface area contributed by atoms with Crippen molar-refractivity contribution in [1.82, 2.24) is 16.0 Å². The lowest BCUT2D eigenvalue weighted by atomic mass is 9.99. The number of hydrogen-bond acceptors (Lipinski definition) is 6. The molecule has 35 heavy (non-hydrogen) atoms. The van der Waals surface area contributed by atoms with Crippen molar-refractivity contribution in [3.05, 3.63) is 48.0 Å². The highest BCUT2D eigenvalue weighted by Crippen LogP contribution is 2.23. The first kappa shape index (κ1) is 28.2. The van der Waals surface area contributed by atoms with Crippen molar-refractivity contribution >= 4 is 26.4 Å². The number of carbonyl (C=O) groups excluding carboxylic acids is 3. The number of amides is 3. The van der Waals surface area contributed by atoms with Gasteiger partial charge in [0.25, 0.3) is 0 Å². The number of nitrogens with one attached hydrogen (secondary N) is 3. The zero-order valence-corrected chi connectivity index (χ0v) is 22.8. The fraction of sp³-hybridized carbons (Fsp3) is 0.560. The van der Waals surface area contributed by atoms with E-state index in [2.05, 4.69) is 16.0 Å². The first-order valence-electron chi connectivity index (χ1n) is 11.8. The van der Waals surface area contributed by atoms with Crippen LogP contribution in [0.5, 0.6) is 0 Å². The standard InChI is InChI=1S/C25H39N3O6Si/c1-24(2,3)33-23(31)28-25(4,35(5,6)7)34-22(30)27-20-15-13-19(14-16-20)26-21(29)32-17-18-11-9-8-10-12-18/h8-13,15,19-20H,14,16-17H2,1-7H3,(H,26,29)(H,27,30)(H,28,31). The van der Waals surface area contributed by atoms with Crippen LogP contribution < -0.4 is 16.0 Å². The van der Waals surface area contributed by atoms with E-state index < -0.39 is 37.3 Å². The minimum absolute atomic E-state index is 0.187. The molecule has 3 amide bonds. The number of ether oxygens (including phenoxy) is 3. The lowest BCUT2D eigenvalue weighted by molar-refractivity contribution is 0.0170. The Morgan fingerprint density at radius 2 is 1.40 bits per heavy atom. The molecule has 0 saturated carbocycles. The Labute approximate surface area is 209 Å². The Bertz CT molecular complexity index is 910. The minimum Gasteiger partial charge on any atom is -0.445 e. The first-order chi connectivity index (χ1) is 16.2. The molecule has 0 fully saturated rings. The average Bonchev–Trinajstić information content (AvgIpc) is 2.72. The fourth-order valence-electron chi connectivity index (χ4n) is 3.21. The molecule has 194 valence electrons. The number of hydrogen-bond donors (Lipinski definition) is 3. The number of rotatable bonds is 7. The molecule has 0 radical (unpaired) electrons. The summed E-state index contributed by atoms with van der Waals surface area (Å²) < 4.78 is 16.3. The summed E-state index contributed by atoms with van der Waals surface area (Å²) in [6.45, 7) is 13.2. The molecule has 0 saturated heterocycles. The third kappa shape index (κ3) is 9.63. The third-order valence-electron chi connectivity index (χ3n) is 5.65. The van der Waals surface area contributed by atoms with Gasteiger partial charge in [-0.2, -0.15) is 0 Å². The van der Waals surface area contributed by atoms with Crippen molar-refractivity contribution in [3.63, 3.8) is 0 Å². The van der Waals surface area contributed by atoms with Crippen LogP contribution in [0.3, 0.4) is 0 Å². The quantitative estimate of drug-likeness (QED) is 0.211. The van der Waals surface area contributed by atoms with Gasteiger partial charge in [0.05, 0.1) is 12.1 Å². The molecule has 10 heteroatoms. The van der Waals surface area contributed by atoms with Crippen LogP contribution in [0.1, 0.15) is 46.1 Å². The van der Waals surface area contributed by atoms with Crippen molar-refractivity contribution in [1.29, 1.82) is 0 Å². The summed E-state index contributed by atoms with van der Waals surface area (Å²) in [6.07, 6.45) is 3.13. The lowest BCUT2D eigenvalue weighted by Crippen LogP contribution is -2.65. The second kappa shape index (κ2) is 11.6. The predicted octanol–water partition coefficient (Wildman–Crippen LogP) is 4.84. The van der Waals surface area contributed by atoms with Crippen molar-refractivity contribution < 1.29 is 28.6 Å². The zero-order valence-electron chi connectivity index (χ0n) is 21.8. The van der Waals surface area contributed by atoms with Crippen molar-refractivity contribution in [3.8, 4) is 0 Å². The molecule has 1 aromatic rings. The molecule has 0 bridgehead atoms. The maximum absolute atomic E-state index is 12.7. The zero-order chi connectivity index (χ0) is 26.3. The van der Waals surface area contributed by atoms with E-state index in [0.29, 0.717) is 12.8 Å². The van der Waals surface area contributed by atoms with Gasteiger partial charge in [-0.05, 0) is 46.1 Å². The Kier molecular flexibility index (Phi) is 9.36. The van der Waals surface area contributed by atoms with Gasteiger partial charge in [0.15, 0.2) is 5.35 Å². The first-order valence-corrected chi connectivity index (χ1v) is 15.3. The Hall–Kier alpha value is -3.01. The van der Waals surface area contributed by atoms with Gasteiger partial charge in [0.2, 0.25) is 0 Å².